The highest BCUT2D eigenvalue weighted by atomic mass is 79.9. The molecule has 0 atom stereocenters. The van der Waals surface area contributed by atoms with Crippen molar-refractivity contribution in [3.63, 3.8) is 0 Å². The number of halogens is 1. The lowest BCUT2D eigenvalue weighted by Gasteiger charge is -2.16. The van der Waals surface area contributed by atoms with Crippen molar-refractivity contribution in [2.24, 2.45) is 17.8 Å². The lowest BCUT2D eigenvalue weighted by molar-refractivity contribution is 0.0943. The quantitative estimate of drug-likeness (QED) is 0.874. The molecule has 0 aliphatic heterocycles. The minimum Gasteiger partial charge on any atom is -0.352 e. The Bertz CT molecular complexity index is 459. The van der Waals surface area contributed by atoms with Crippen LogP contribution in [0, 0.1) is 24.7 Å². The maximum absolute atomic E-state index is 12.2. The molecule has 1 N–H and O–H groups in total. The van der Waals surface area contributed by atoms with E-state index < -0.39 is 0 Å². The van der Waals surface area contributed by atoms with Gasteiger partial charge in [0, 0.05) is 16.6 Å². The predicted molar refractivity (Wildman–Crippen MR) is 80.2 cm³/mol. The molecule has 0 unspecified atom stereocenters. The highest BCUT2D eigenvalue weighted by Gasteiger charge is 2.41. The third-order valence-corrected chi connectivity index (χ3v) is 4.72. The van der Waals surface area contributed by atoms with Crippen LogP contribution in [0.5, 0.6) is 0 Å². The number of aryl methyl sites for hydroxylation is 1. The zero-order valence-corrected chi connectivity index (χ0v) is 12.9. The summed E-state index contributed by atoms with van der Waals surface area (Å²) in [5.41, 5.74) is 1.87. The molecule has 0 saturated heterocycles. The van der Waals surface area contributed by atoms with Crippen molar-refractivity contribution in [1.29, 1.82) is 0 Å². The summed E-state index contributed by atoms with van der Waals surface area (Å²) in [4.78, 5) is 12.2. The van der Waals surface area contributed by atoms with Gasteiger partial charge in [-0.3, -0.25) is 4.79 Å². The molecule has 2 fully saturated rings. The SMILES string of the molecule is Cc1cc(Br)cc(C(=O)NCC(C2CC2)C2CC2)c1. The molecule has 0 bridgehead atoms. The number of benzene rings is 1. The summed E-state index contributed by atoms with van der Waals surface area (Å²) in [6, 6.07) is 5.86. The summed E-state index contributed by atoms with van der Waals surface area (Å²) in [5.74, 6) is 2.57. The van der Waals surface area contributed by atoms with E-state index >= 15 is 0 Å². The minimum atomic E-state index is 0.0655. The monoisotopic (exact) mass is 321 g/mol. The number of carbonyl (C=O) groups is 1. The average molecular weight is 322 g/mol. The molecule has 102 valence electrons. The van der Waals surface area contributed by atoms with Crippen molar-refractivity contribution in [3.8, 4) is 0 Å². The van der Waals surface area contributed by atoms with Gasteiger partial charge in [-0.15, -0.1) is 0 Å². The molecule has 2 nitrogen and oxygen atoms in total. The highest BCUT2D eigenvalue weighted by molar-refractivity contribution is 9.10. The number of carbonyl (C=O) groups excluding carboxylic acids is 1. The average Bonchev–Trinajstić information content (AvgIpc) is 3.22. The maximum Gasteiger partial charge on any atom is 0.251 e. The number of rotatable bonds is 5. The summed E-state index contributed by atoms with van der Waals surface area (Å²) < 4.78 is 0.971. The molecule has 19 heavy (non-hydrogen) atoms. The van der Waals surface area contributed by atoms with Crippen LogP contribution >= 0.6 is 15.9 Å². The predicted octanol–water partition coefficient (Wildman–Crippen LogP) is 3.92. The van der Waals surface area contributed by atoms with E-state index in [-0.39, 0.29) is 5.91 Å². The first-order chi connectivity index (χ1) is 9.13. The zero-order chi connectivity index (χ0) is 13.4. The van der Waals surface area contributed by atoms with Gasteiger partial charge in [-0.05, 0) is 74.1 Å². The van der Waals surface area contributed by atoms with E-state index in [1.54, 1.807) is 0 Å². The highest BCUT2D eigenvalue weighted by Crippen LogP contribution is 2.48. The molecule has 0 aromatic heterocycles. The smallest absolute Gasteiger partial charge is 0.251 e. The first kappa shape index (κ1) is 13.2. The van der Waals surface area contributed by atoms with Gasteiger partial charge in [0.25, 0.3) is 5.91 Å². The molecule has 0 radical (unpaired) electrons. The lowest BCUT2D eigenvalue weighted by atomic mass is 9.98. The van der Waals surface area contributed by atoms with Crippen molar-refractivity contribution in [1.82, 2.24) is 5.32 Å². The van der Waals surface area contributed by atoms with Gasteiger partial charge in [-0.2, -0.15) is 0 Å². The Morgan fingerprint density at radius 3 is 2.42 bits per heavy atom. The van der Waals surface area contributed by atoms with Crippen LogP contribution < -0.4 is 5.32 Å². The molecule has 0 heterocycles. The molecule has 1 amide bonds. The van der Waals surface area contributed by atoms with Crippen LogP contribution in [0.3, 0.4) is 0 Å². The standard InChI is InChI=1S/C16H20BrNO/c1-10-6-13(8-14(17)7-10)16(19)18-9-15(11-2-3-11)12-4-5-12/h6-8,11-12,15H,2-5,9H2,1H3,(H,18,19). The molecule has 3 heteroatoms. The van der Waals surface area contributed by atoms with Crippen LogP contribution in [0.2, 0.25) is 0 Å². The van der Waals surface area contributed by atoms with Crippen LogP contribution in [0.4, 0.5) is 0 Å². The molecule has 2 aliphatic rings. The third-order valence-electron chi connectivity index (χ3n) is 4.26. The van der Waals surface area contributed by atoms with Gasteiger partial charge >= 0.3 is 0 Å². The van der Waals surface area contributed by atoms with Gasteiger partial charge in [0.1, 0.15) is 0 Å². The number of nitrogens with one attached hydrogen (secondary N) is 1. The molecular formula is C16H20BrNO. The summed E-state index contributed by atoms with van der Waals surface area (Å²) in [6.07, 6.45) is 5.47. The Hall–Kier alpha value is -0.830. The number of hydrogen-bond donors (Lipinski definition) is 1. The van der Waals surface area contributed by atoms with E-state index in [2.05, 4.69) is 21.2 Å². The molecule has 3 rings (SSSR count). The molecular weight excluding hydrogens is 302 g/mol. The lowest BCUT2D eigenvalue weighted by Crippen LogP contribution is -2.31. The summed E-state index contributed by atoms with van der Waals surface area (Å²) in [5, 5.41) is 3.14. The van der Waals surface area contributed by atoms with Crippen LogP contribution in [0.1, 0.15) is 41.6 Å². The fraction of sp³-hybridized carbons (Fsp3) is 0.562. The third kappa shape index (κ3) is 3.38. The maximum atomic E-state index is 12.2. The van der Waals surface area contributed by atoms with Crippen molar-refractivity contribution in [3.05, 3.63) is 33.8 Å². The zero-order valence-electron chi connectivity index (χ0n) is 11.3. The molecule has 1 aromatic carbocycles. The van der Waals surface area contributed by atoms with Gasteiger partial charge < -0.3 is 5.32 Å². The minimum absolute atomic E-state index is 0.0655. The first-order valence-corrected chi connectivity index (χ1v) is 7.98. The van der Waals surface area contributed by atoms with E-state index in [0.29, 0.717) is 0 Å². The molecule has 2 saturated carbocycles. The summed E-state index contributed by atoms with van der Waals surface area (Å²) in [7, 11) is 0. The van der Waals surface area contributed by atoms with Crippen LogP contribution in [0.25, 0.3) is 0 Å². The van der Waals surface area contributed by atoms with Crippen molar-refractivity contribution < 1.29 is 4.79 Å². The molecule has 1 aromatic rings. The summed E-state index contributed by atoms with van der Waals surface area (Å²) in [6.45, 7) is 2.87. The van der Waals surface area contributed by atoms with Crippen LogP contribution in [-0.4, -0.2) is 12.5 Å². The van der Waals surface area contributed by atoms with Gasteiger partial charge in [0.05, 0.1) is 0 Å². The number of hydrogen-bond acceptors (Lipinski definition) is 1. The Morgan fingerprint density at radius 1 is 1.26 bits per heavy atom. The number of amides is 1. The van der Waals surface area contributed by atoms with E-state index in [0.717, 1.165) is 39.9 Å². The van der Waals surface area contributed by atoms with Gasteiger partial charge in [-0.1, -0.05) is 15.9 Å². The fourth-order valence-corrected chi connectivity index (χ4v) is 3.55. The summed E-state index contributed by atoms with van der Waals surface area (Å²) >= 11 is 3.45. The van der Waals surface area contributed by atoms with Gasteiger partial charge in [0.15, 0.2) is 0 Å². The Balaban J connectivity index is 1.60. The van der Waals surface area contributed by atoms with Crippen molar-refractivity contribution in [2.45, 2.75) is 32.6 Å². The Labute approximate surface area is 123 Å². The van der Waals surface area contributed by atoms with E-state index in [1.807, 2.05) is 25.1 Å². The Kier molecular flexibility index (Phi) is 3.66. The fourth-order valence-electron chi connectivity index (χ4n) is 2.95. The van der Waals surface area contributed by atoms with Crippen molar-refractivity contribution >= 4 is 21.8 Å². The van der Waals surface area contributed by atoms with E-state index in [4.69, 9.17) is 0 Å². The normalized spacial score (nSPS) is 18.7. The second kappa shape index (κ2) is 5.28. The largest absolute Gasteiger partial charge is 0.352 e. The van der Waals surface area contributed by atoms with E-state index in [1.165, 1.54) is 25.7 Å². The van der Waals surface area contributed by atoms with Gasteiger partial charge in [-0.25, -0.2) is 0 Å². The topological polar surface area (TPSA) is 29.1 Å². The second-order valence-electron chi connectivity index (χ2n) is 6.07. The Morgan fingerprint density at radius 2 is 1.89 bits per heavy atom. The molecule has 0 spiro atoms. The first-order valence-electron chi connectivity index (χ1n) is 7.19. The van der Waals surface area contributed by atoms with Crippen LogP contribution in [-0.2, 0) is 0 Å². The van der Waals surface area contributed by atoms with Crippen LogP contribution in [0.15, 0.2) is 22.7 Å². The van der Waals surface area contributed by atoms with Crippen molar-refractivity contribution in [2.75, 3.05) is 6.54 Å². The van der Waals surface area contributed by atoms with Gasteiger partial charge in [0.2, 0.25) is 0 Å². The molecule has 2 aliphatic carbocycles. The van der Waals surface area contributed by atoms with E-state index in [9.17, 15) is 4.79 Å². The second-order valence-corrected chi connectivity index (χ2v) is 6.98.